The molecule has 2 fully saturated rings. The van der Waals surface area contributed by atoms with E-state index in [1.807, 2.05) is 53.7 Å². The van der Waals surface area contributed by atoms with Crippen molar-refractivity contribution in [2.75, 3.05) is 0 Å². The van der Waals surface area contributed by atoms with Crippen molar-refractivity contribution < 1.29 is 38.8 Å². The van der Waals surface area contributed by atoms with Gasteiger partial charge in [0.05, 0.1) is 11.2 Å². The summed E-state index contributed by atoms with van der Waals surface area (Å²) in [6.45, 7) is 13.0. The molecule has 6 aliphatic rings. The quantitative estimate of drug-likeness (QED) is 0.357. The molecule has 2 unspecified atom stereocenters. The standard InChI is InChI=1S/C33H36O8/c1-16(2)8-9-20-26-19(11-12-30(4,5)39-26)24(34)23-25(35)21-14-18-15-22-31(6,7)41-32(28(18)36,13-10-17(3)29(37)38)33(21,22)40-27(20)23/h8,10-12,14,18,22,34H,9,13,15H2,1-7H3,(H,37,38)/b17-10+/t18-,22?,32?,33-/m1/s1. The molecule has 7 rings (SSSR count). The number of hydrogen-bond donors (Lipinski definition) is 2. The molecule has 0 aromatic heterocycles. The van der Waals surface area contributed by atoms with Crippen LogP contribution in [0.3, 0.4) is 0 Å². The van der Waals surface area contributed by atoms with Crippen molar-refractivity contribution in [2.24, 2.45) is 11.8 Å². The Bertz CT molecular complexity index is 1560. The highest BCUT2D eigenvalue weighted by molar-refractivity contribution is 6.19. The number of carbonyl (C=O) groups excluding carboxylic acids is 2. The van der Waals surface area contributed by atoms with Crippen molar-refractivity contribution in [2.45, 2.75) is 90.1 Å². The van der Waals surface area contributed by atoms with Crippen LogP contribution >= 0.6 is 0 Å². The minimum Gasteiger partial charge on any atom is -0.506 e. The highest BCUT2D eigenvalue weighted by atomic mass is 16.6. The van der Waals surface area contributed by atoms with Crippen LogP contribution < -0.4 is 9.47 Å². The molecular weight excluding hydrogens is 524 g/mol. The van der Waals surface area contributed by atoms with E-state index in [-0.39, 0.29) is 40.8 Å². The van der Waals surface area contributed by atoms with Gasteiger partial charge in [0.2, 0.25) is 0 Å². The lowest BCUT2D eigenvalue weighted by atomic mass is 9.51. The molecule has 3 aliphatic heterocycles. The fourth-order valence-electron chi connectivity index (χ4n) is 7.44. The van der Waals surface area contributed by atoms with Crippen LogP contribution in [-0.2, 0) is 20.7 Å². The van der Waals surface area contributed by atoms with Crippen LogP contribution in [0.2, 0.25) is 0 Å². The zero-order chi connectivity index (χ0) is 29.9. The molecule has 1 aromatic carbocycles. The second kappa shape index (κ2) is 8.44. The Kier molecular flexibility index (Phi) is 5.67. The molecular formula is C33H36O8. The lowest BCUT2D eigenvalue weighted by molar-refractivity contribution is -0.171. The van der Waals surface area contributed by atoms with Gasteiger partial charge in [-0.3, -0.25) is 9.59 Å². The molecule has 3 heterocycles. The summed E-state index contributed by atoms with van der Waals surface area (Å²) < 4.78 is 20.1. The van der Waals surface area contributed by atoms with Crippen LogP contribution in [0.25, 0.3) is 6.08 Å². The molecule has 1 saturated carbocycles. The maximum absolute atomic E-state index is 14.5. The van der Waals surface area contributed by atoms with E-state index in [1.54, 1.807) is 12.2 Å². The van der Waals surface area contributed by atoms with Crippen LogP contribution in [0, 0.1) is 11.8 Å². The fraction of sp³-hybridized carbons (Fsp3) is 0.485. The first-order chi connectivity index (χ1) is 19.1. The molecule has 41 heavy (non-hydrogen) atoms. The van der Waals surface area contributed by atoms with Gasteiger partial charge in [-0.2, -0.15) is 0 Å². The van der Waals surface area contributed by atoms with E-state index in [4.69, 9.17) is 14.2 Å². The smallest absolute Gasteiger partial charge is 0.330 e. The first kappa shape index (κ1) is 27.5. The number of allylic oxidation sites excluding steroid dienone is 3. The van der Waals surface area contributed by atoms with Crippen LogP contribution in [0.15, 0.2) is 41.0 Å². The summed E-state index contributed by atoms with van der Waals surface area (Å²) in [6.07, 6.45) is 9.54. The lowest BCUT2D eigenvalue weighted by Crippen LogP contribution is -2.72. The first-order valence-corrected chi connectivity index (χ1v) is 14.1. The second-order valence-electron chi connectivity index (χ2n) is 13.2. The van der Waals surface area contributed by atoms with Gasteiger partial charge in [-0.25, -0.2) is 4.79 Å². The van der Waals surface area contributed by atoms with Gasteiger partial charge in [0.1, 0.15) is 28.4 Å². The highest BCUT2D eigenvalue weighted by Crippen LogP contribution is 2.68. The molecule has 1 spiro atoms. The predicted molar refractivity (Wildman–Crippen MR) is 151 cm³/mol. The summed E-state index contributed by atoms with van der Waals surface area (Å²) in [5.41, 5.74) is -2.14. The van der Waals surface area contributed by atoms with Gasteiger partial charge < -0.3 is 24.4 Å². The summed E-state index contributed by atoms with van der Waals surface area (Å²) in [6, 6.07) is 0. The SMILES string of the molecule is CC(C)=CCc1c2c(c(O)c3c1O[C@]14C(=C[C@@H]5CC1C(C)(C)OC4(C/C=C(\C)C(=O)O)C5=O)C3=O)C=CC(C)(C)O2. The van der Waals surface area contributed by atoms with Crippen molar-refractivity contribution in [3.8, 4) is 17.2 Å². The summed E-state index contributed by atoms with van der Waals surface area (Å²) in [5.74, 6) is -2.29. The Hall–Kier alpha value is -3.65. The molecule has 8 nitrogen and oxygen atoms in total. The minimum atomic E-state index is -1.61. The summed E-state index contributed by atoms with van der Waals surface area (Å²) in [7, 11) is 0. The van der Waals surface area contributed by atoms with Crippen molar-refractivity contribution in [1.82, 2.24) is 0 Å². The third kappa shape index (κ3) is 3.52. The second-order valence-corrected chi connectivity index (χ2v) is 13.2. The first-order valence-electron chi connectivity index (χ1n) is 14.1. The molecule has 0 radical (unpaired) electrons. The number of phenols is 1. The third-order valence-corrected chi connectivity index (χ3v) is 9.37. The molecule has 4 atom stereocenters. The van der Waals surface area contributed by atoms with Gasteiger partial charge in [-0.1, -0.05) is 23.8 Å². The van der Waals surface area contributed by atoms with E-state index < -0.39 is 40.1 Å². The maximum atomic E-state index is 14.5. The van der Waals surface area contributed by atoms with Gasteiger partial charge in [0.25, 0.3) is 0 Å². The average Bonchev–Trinajstić information content (AvgIpc) is 3.03. The normalized spacial score (nSPS) is 31.4. The predicted octanol–water partition coefficient (Wildman–Crippen LogP) is 5.51. The number of ether oxygens (including phenoxy) is 3. The highest BCUT2D eigenvalue weighted by Gasteiger charge is 2.81. The fourth-order valence-corrected chi connectivity index (χ4v) is 7.44. The van der Waals surface area contributed by atoms with Gasteiger partial charge in [0.15, 0.2) is 22.8 Å². The van der Waals surface area contributed by atoms with E-state index in [2.05, 4.69) is 0 Å². The summed E-state index contributed by atoms with van der Waals surface area (Å²) >= 11 is 0. The molecule has 1 saturated heterocycles. The third-order valence-electron chi connectivity index (χ3n) is 9.37. The lowest BCUT2D eigenvalue weighted by Gasteiger charge is -2.56. The number of carbonyl (C=O) groups is 3. The average molecular weight is 561 g/mol. The zero-order valence-corrected chi connectivity index (χ0v) is 24.5. The van der Waals surface area contributed by atoms with Crippen molar-refractivity contribution in [3.63, 3.8) is 0 Å². The van der Waals surface area contributed by atoms with E-state index >= 15 is 0 Å². The molecule has 216 valence electrons. The van der Waals surface area contributed by atoms with Crippen molar-refractivity contribution in [3.05, 3.63) is 57.7 Å². The molecule has 8 heteroatoms. The Balaban J connectivity index is 1.66. The Morgan fingerprint density at radius 2 is 1.78 bits per heavy atom. The topological polar surface area (TPSA) is 119 Å². The number of benzene rings is 1. The van der Waals surface area contributed by atoms with Crippen LogP contribution in [-0.4, -0.2) is 50.2 Å². The van der Waals surface area contributed by atoms with E-state index in [0.717, 1.165) is 5.57 Å². The molecule has 4 bridgehead atoms. The van der Waals surface area contributed by atoms with E-state index in [0.29, 0.717) is 35.3 Å². The van der Waals surface area contributed by atoms with Gasteiger partial charge in [-0.05, 0) is 73.5 Å². The monoisotopic (exact) mass is 560 g/mol. The maximum Gasteiger partial charge on any atom is 0.330 e. The van der Waals surface area contributed by atoms with Crippen molar-refractivity contribution in [1.29, 1.82) is 0 Å². The molecule has 1 aromatic rings. The van der Waals surface area contributed by atoms with E-state index in [1.165, 1.54) is 13.0 Å². The summed E-state index contributed by atoms with van der Waals surface area (Å²) in [4.78, 5) is 40.4. The number of hydrogen-bond acceptors (Lipinski definition) is 7. The zero-order valence-electron chi connectivity index (χ0n) is 24.5. The number of carboxylic acids is 1. The van der Waals surface area contributed by atoms with E-state index in [9.17, 15) is 24.6 Å². The molecule has 3 aliphatic carbocycles. The number of aromatic hydroxyl groups is 1. The minimum absolute atomic E-state index is 0.0513. The van der Waals surface area contributed by atoms with Crippen LogP contribution in [0.5, 0.6) is 17.2 Å². The van der Waals surface area contributed by atoms with Crippen molar-refractivity contribution >= 4 is 23.6 Å². The molecule has 0 amide bonds. The number of ketones is 2. The van der Waals surface area contributed by atoms with Crippen LogP contribution in [0.1, 0.15) is 82.8 Å². The van der Waals surface area contributed by atoms with Gasteiger partial charge in [-0.15, -0.1) is 0 Å². The van der Waals surface area contributed by atoms with Crippen LogP contribution in [0.4, 0.5) is 0 Å². The number of Topliss-reactive ketones (excluding diaryl/α,β-unsaturated/α-hetero) is 2. The summed E-state index contributed by atoms with van der Waals surface area (Å²) in [5, 5.41) is 21.1. The largest absolute Gasteiger partial charge is 0.506 e. The number of carboxylic acid groups (broad SMARTS) is 1. The number of aliphatic carboxylic acids is 1. The number of rotatable bonds is 5. The molecule has 2 N–H and O–H groups in total. The number of fused-ring (bicyclic) bond motifs is 2. The van der Waals surface area contributed by atoms with Gasteiger partial charge in [0, 0.05) is 35.0 Å². The van der Waals surface area contributed by atoms with Gasteiger partial charge >= 0.3 is 5.97 Å². The Morgan fingerprint density at radius 1 is 1.07 bits per heavy atom. The number of phenolic OH excluding ortho intramolecular Hbond substituents is 1. The Morgan fingerprint density at radius 3 is 2.44 bits per heavy atom. The Labute approximate surface area is 239 Å².